The van der Waals surface area contributed by atoms with Crippen molar-refractivity contribution in [3.8, 4) is 5.75 Å². The van der Waals surface area contributed by atoms with E-state index in [1.807, 2.05) is 0 Å². The number of hydrogen-bond donors (Lipinski definition) is 4. The molecule has 12 nitrogen and oxygen atoms in total. The molecule has 14 heteroatoms. The maximum atomic E-state index is 13.2. The van der Waals surface area contributed by atoms with Crippen molar-refractivity contribution in [2.45, 2.75) is 36.1 Å². The molecule has 5 atom stereocenters. The predicted molar refractivity (Wildman–Crippen MR) is 113 cm³/mol. The predicted octanol–water partition coefficient (Wildman–Crippen LogP) is 0.852. The highest BCUT2D eigenvalue weighted by atomic mass is 32.2. The number of carbonyl (C=O) groups is 1. The number of aromatic nitrogens is 3. The zero-order valence-electron chi connectivity index (χ0n) is 16.4. The SMILES string of the molecule is C[C@H](N[P@](=O)(OC[C@H]1S[C@@H](n2cnc(N)nc2=O)C[C@@H]1O)Oc1ccccc1)C(=O)O. The Balaban J connectivity index is 1.70. The Hall–Kier alpha value is -2.44. The van der Waals surface area contributed by atoms with Gasteiger partial charge in [0.2, 0.25) is 5.95 Å². The van der Waals surface area contributed by atoms with Crippen molar-refractivity contribution < 1.29 is 28.6 Å². The fourth-order valence-corrected chi connectivity index (χ4v) is 5.81. The Labute approximate surface area is 181 Å². The Bertz CT molecular complexity index is 1020. The van der Waals surface area contributed by atoms with Gasteiger partial charge in [0.15, 0.2) is 0 Å². The molecule has 0 bridgehead atoms. The average Bonchev–Trinajstić information content (AvgIpc) is 3.07. The molecule has 1 aliphatic rings. The van der Waals surface area contributed by atoms with Crippen LogP contribution in [0, 0.1) is 0 Å². The summed E-state index contributed by atoms with van der Waals surface area (Å²) in [5.41, 5.74) is 4.79. The Morgan fingerprint density at radius 1 is 1.45 bits per heavy atom. The summed E-state index contributed by atoms with van der Waals surface area (Å²) in [6.45, 7) is 1.08. The second-order valence-corrected chi connectivity index (χ2v) is 9.84. The average molecular weight is 471 g/mol. The van der Waals surface area contributed by atoms with E-state index in [4.69, 9.17) is 19.9 Å². The monoisotopic (exact) mass is 471 g/mol. The summed E-state index contributed by atoms with van der Waals surface area (Å²) in [5.74, 6) is -1.17. The molecule has 1 aromatic heterocycles. The fraction of sp³-hybridized carbons (Fsp3) is 0.412. The summed E-state index contributed by atoms with van der Waals surface area (Å²) < 4.78 is 25.4. The van der Waals surface area contributed by atoms with Crippen LogP contribution in [-0.4, -0.2) is 54.7 Å². The molecule has 1 fully saturated rings. The number of nitrogens with one attached hydrogen (secondary N) is 1. The fourth-order valence-electron chi connectivity index (χ4n) is 2.76. The first-order chi connectivity index (χ1) is 14.7. The van der Waals surface area contributed by atoms with E-state index < -0.39 is 42.2 Å². The van der Waals surface area contributed by atoms with E-state index in [2.05, 4.69) is 15.1 Å². The molecular formula is C17H22N5O7PS. The van der Waals surface area contributed by atoms with Crippen LogP contribution in [0.2, 0.25) is 0 Å². The van der Waals surface area contributed by atoms with Gasteiger partial charge in [-0.1, -0.05) is 18.2 Å². The largest absolute Gasteiger partial charge is 0.480 e. The van der Waals surface area contributed by atoms with Gasteiger partial charge < -0.3 is 20.5 Å². The lowest BCUT2D eigenvalue weighted by atomic mass is 10.2. The topological polar surface area (TPSA) is 179 Å². The minimum absolute atomic E-state index is 0.151. The molecule has 1 saturated heterocycles. The molecule has 2 heterocycles. The number of nitrogen functional groups attached to an aromatic ring is 1. The normalized spacial score (nSPS) is 23.7. The molecule has 31 heavy (non-hydrogen) atoms. The summed E-state index contributed by atoms with van der Waals surface area (Å²) in [7, 11) is -4.10. The van der Waals surface area contributed by atoms with Crippen molar-refractivity contribution in [1.29, 1.82) is 0 Å². The third-order valence-corrected chi connectivity index (χ3v) is 7.54. The van der Waals surface area contributed by atoms with Crippen LogP contribution in [0.4, 0.5) is 5.95 Å². The van der Waals surface area contributed by atoms with E-state index in [9.17, 15) is 19.3 Å². The standard InChI is InChI=1S/C17H22N5O7PS/c1-10(15(24)25)21-30(27,29-11-5-3-2-4-6-11)28-8-13-12(23)7-14(31-13)22-9-19-16(18)20-17(22)26/h2-6,9-10,12-14,23H,7-8H2,1H3,(H,21,27)(H,24,25)(H2,18,20,26)/t10-,12-,13+,14+,30-/m0/s1. The zero-order chi connectivity index (χ0) is 22.6. The number of aliphatic hydroxyl groups is 1. The van der Waals surface area contributed by atoms with Crippen molar-refractivity contribution in [3.05, 3.63) is 47.1 Å². The molecule has 168 valence electrons. The van der Waals surface area contributed by atoms with Gasteiger partial charge in [-0.25, -0.2) is 14.3 Å². The van der Waals surface area contributed by atoms with Crippen LogP contribution in [0.25, 0.3) is 0 Å². The lowest BCUT2D eigenvalue weighted by Crippen LogP contribution is -2.34. The van der Waals surface area contributed by atoms with E-state index in [0.29, 0.717) is 0 Å². The number of hydrogen-bond acceptors (Lipinski definition) is 10. The van der Waals surface area contributed by atoms with Crippen LogP contribution >= 0.6 is 19.5 Å². The number of para-hydroxylation sites is 1. The molecule has 0 unspecified atom stereocenters. The molecular weight excluding hydrogens is 449 g/mol. The number of aliphatic carboxylic acids is 1. The number of nitrogens with two attached hydrogens (primary N) is 1. The van der Waals surface area contributed by atoms with Gasteiger partial charge in [0.1, 0.15) is 18.1 Å². The third-order valence-electron chi connectivity index (χ3n) is 4.36. The first-order valence-electron chi connectivity index (χ1n) is 9.21. The Morgan fingerprint density at radius 2 is 2.16 bits per heavy atom. The van der Waals surface area contributed by atoms with Crippen molar-refractivity contribution in [2.75, 3.05) is 12.3 Å². The molecule has 1 aromatic carbocycles. The van der Waals surface area contributed by atoms with Gasteiger partial charge in [-0.05, 0) is 19.1 Å². The molecule has 5 N–H and O–H groups in total. The van der Waals surface area contributed by atoms with Crippen LogP contribution in [0.1, 0.15) is 18.7 Å². The van der Waals surface area contributed by atoms with Gasteiger partial charge in [0, 0.05) is 6.42 Å². The molecule has 0 aliphatic carbocycles. The summed E-state index contributed by atoms with van der Waals surface area (Å²) in [5, 5.41) is 20.9. The van der Waals surface area contributed by atoms with Crippen LogP contribution in [-0.2, 0) is 13.9 Å². The molecule has 0 amide bonds. The van der Waals surface area contributed by atoms with Gasteiger partial charge in [-0.15, -0.1) is 11.8 Å². The minimum Gasteiger partial charge on any atom is -0.480 e. The van der Waals surface area contributed by atoms with E-state index in [1.165, 1.54) is 29.6 Å². The van der Waals surface area contributed by atoms with Gasteiger partial charge in [0.25, 0.3) is 0 Å². The van der Waals surface area contributed by atoms with Gasteiger partial charge in [0.05, 0.1) is 23.3 Å². The summed E-state index contributed by atoms with van der Waals surface area (Å²) in [4.78, 5) is 30.6. The smallest absolute Gasteiger partial charge is 0.459 e. The number of nitrogens with zero attached hydrogens (tertiary/aromatic N) is 3. The van der Waals surface area contributed by atoms with E-state index in [0.717, 1.165) is 0 Å². The zero-order valence-corrected chi connectivity index (χ0v) is 18.1. The van der Waals surface area contributed by atoms with Crippen molar-refractivity contribution in [3.63, 3.8) is 0 Å². The lowest BCUT2D eigenvalue weighted by Gasteiger charge is -2.23. The number of aliphatic hydroxyl groups excluding tert-OH is 1. The number of carboxylic acid groups (broad SMARTS) is 1. The Kier molecular flexibility index (Phi) is 7.34. The van der Waals surface area contributed by atoms with Gasteiger partial charge in [-0.2, -0.15) is 10.1 Å². The van der Waals surface area contributed by atoms with E-state index in [1.54, 1.807) is 30.3 Å². The van der Waals surface area contributed by atoms with E-state index in [-0.39, 0.29) is 24.7 Å². The highest BCUT2D eigenvalue weighted by Gasteiger charge is 2.39. The number of carboxylic acids is 1. The van der Waals surface area contributed by atoms with Crippen molar-refractivity contribution in [2.24, 2.45) is 0 Å². The first kappa shape index (κ1) is 23.2. The summed E-state index contributed by atoms with van der Waals surface area (Å²) >= 11 is 1.21. The maximum Gasteiger partial charge on any atom is 0.459 e. The minimum atomic E-state index is -4.10. The molecule has 0 spiro atoms. The molecule has 1 aliphatic heterocycles. The molecule has 3 rings (SSSR count). The van der Waals surface area contributed by atoms with E-state index >= 15 is 0 Å². The van der Waals surface area contributed by atoms with Crippen LogP contribution in [0.5, 0.6) is 5.75 Å². The van der Waals surface area contributed by atoms with Gasteiger partial charge >= 0.3 is 19.4 Å². The van der Waals surface area contributed by atoms with Crippen LogP contribution in [0.15, 0.2) is 41.5 Å². The summed E-state index contributed by atoms with van der Waals surface area (Å²) in [6, 6.07) is 6.94. The lowest BCUT2D eigenvalue weighted by molar-refractivity contribution is -0.138. The maximum absolute atomic E-state index is 13.2. The highest BCUT2D eigenvalue weighted by molar-refractivity contribution is 8.00. The number of benzene rings is 1. The molecule has 0 radical (unpaired) electrons. The summed E-state index contributed by atoms with van der Waals surface area (Å²) in [6.07, 6.45) is 0.563. The van der Waals surface area contributed by atoms with Crippen LogP contribution in [0.3, 0.4) is 0 Å². The van der Waals surface area contributed by atoms with Crippen molar-refractivity contribution >= 4 is 31.4 Å². The first-order valence-corrected chi connectivity index (χ1v) is 11.7. The number of rotatable bonds is 9. The van der Waals surface area contributed by atoms with Crippen molar-refractivity contribution in [1.82, 2.24) is 19.6 Å². The third kappa shape index (κ3) is 6.05. The Morgan fingerprint density at radius 3 is 2.81 bits per heavy atom. The highest BCUT2D eigenvalue weighted by Crippen LogP contribution is 2.48. The number of thioether (sulfide) groups is 1. The van der Waals surface area contributed by atoms with Crippen LogP contribution < -0.4 is 21.0 Å². The van der Waals surface area contributed by atoms with Gasteiger partial charge in [-0.3, -0.25) is 13.9 Å². The second-order valence-electron chi connectivity index (χ2n) is 6.72. The molecule has 2 aromatic rings. The number of anilines is 1. The molecule has 0 saturated carbocycles. The second kappa shape index (κ2) is 9.79. The quantitative estimate of drug-likeness (QED) is 0.379.